The largest absolute Gasteiger partial charge is 0.326 e. The van der Waals surface area contributed by atoms with Crippen molar-refractivity contribution in [3.63, 3.8) is 0 Å². The van der Waals surface area contributed by atoms with E-state index in [0.29, 0.717) is 4.77 Å². The first kappa shape index (κ1) is 12.8. The van der Waals surface area contributed by atoms with Crippen molar-refractivity contribution in [3.8, 4) is 16.9 Å². The summed E-state index contributed by atoms with van der Waals surface area (Å²) in [5, 5.41) is 0. The molecule has 0 aliphatic carbocycles. The highest BCUT2D eigenvalue weighted by Crippen LogP contribution is 2.24. The van der Waals surface area contributed by atoms with Crippen molar-refractivity contribution in [2.24, 2.45) is 7.05 Å². The molecule has 1 heterocycles. The van der Waals surface area contributed by atoms with Crippen molar-refractivity contribution in [2.75, 3.05) is 0 Å². The maximum Gasteiger partial charge on any atom is 0.184 e. The van der Waals surface area contributed by atoms with Gasteiger partial charge in [-0.15, -0.1) is 0 Å². The predicted molar refractivity (Wildman–Crippen MR) is 81.0 cm³/mol. The molecule has 0 N–H and O–H groups in total. The fourth-order valence-electron chi connectivity index (χ4n) is 2.21. The SMILES string of the molecule is Cn1cc(-c2ccc(F)cc2)n(-c2ccccc2)c1=S. The smallest absolute Gasteiger partial charge is 0.184 e. The van der Waals surface area contributed by atoms with E-state index in [1.54, 1.807) is 12.1 Å². The van der Waals surface area contributed by atoms with Gasteiger partial charge in [-0.25, -0.2) is 4.39 Å². The number of aromatic nitrogens is 2. The molecule has 0 amide bonds. The molecule has 0 spiro atoms. The summed E-state index contributed by atoms with van der Waals surface area (Å²) in [5.74, 6) is -0.241. The minimum Gasteiger partial charge on any atom is -0.326 e. The summed E-state index contributed by atoms with van der Waals surface area (Å²) in [6, 6.07) is 16.4. The fourth-order valence-corrected chi connectivity index (χ4v) is 2.46. The van der Waals surface area contributed by atoms with Crippen LogP contribution in [0.2, 0.25) is 0 Å². The Morgan fingerprint density at radius 1 is 0.950 bits per heavy atom. The zero-order valence-electron chi connectivity index (χ0n) is 11.0. The van der Waals surface area contributed by atoms with Crippen LogP contribution in [-0.4, -0.2) is 9.13 Å². The van der Waals surface area contributed by atoms with Gasteiger partial charge in [-0.3, -0.25) is 4.57 Å². The van der Waals surface area contributed by atoms with Crippen LogP contribution in [0.1, 0.15) is 0 Å². The van der Waals surface area contributed by atoms with E-state index in [4.69, 9.17) is 12.2 Å². The lowest BCUT2D eigenvalue weighted by molar-refractivity contribution is 0.628. The lowest BCUT2D eigenvalue weighted by atomic mass is 10.1. The first-order valence-corrected chi connectivity index (χ1v) is 6.67. The molecule has 0 aliphatic rings. The maximum absolute atomic E-state index is 13.1. The third-order valence-electron chi connectivity index (χ3n) is 3.20. The Labute approximate surface area is 121 Å². The van der Waals surface area contributed by atoms with Crippen LogP contribution < -0.4 is 0 Å². The topological polar surface area (TPSA) is 9.86 Å². The third-order valence-corrected chi connectivity index (χ3v) is 3.67. The molecule has 4 heteroatoms. The lowest BCUT2D eigenvalue weighted by Crippen LogP contribution is -1.97. The number of nitrogens with zero attached hydrogens (tertiary/aromatic N) is 2. The molecule has 100 valence electrons. The molecule has 0 saturated carbocycles. The molecule has 0 atom stereocenters. The van der Waals surface area contributed by atoms with Gasteiger partial charge in [-0.05, 0) is 48.6 Å². The van der Waals surface area contributed by atoms with Crippen molar-refractivity contribution in [1.82, 2.24) is 9.13 Å². The molecule has 0 radical (unpaired) electrons. The Kier molecular flexibility index (Phi) is 3.24. The number of hydrogen-bond acceptors (Lipinski definition) is 1. The molecule has 0 bridgehead atoms. The minimum atomic E-state index is -0.241. The molecular weight excluding hydrogens is 271 g/mol. The zero-order valence-corrected chi connectivity index (χ0v) is 11.8. The van der Waals surface area contributed by atoms with E-state index < -0.39 is 0 Å². The summed E-state index contributed by atoms with van der Waals surface area (Å²) in [7, 11) is 1.91. The molecule has 0 aliphatic heterocycles. The molecule has 2 aromatic carbocycles. The number of para-hydroxylation sites is 1. The average molecular weight is 284 g/mol. The van der Waals surface area contributed by atoms with Crippen LogP contribution in [0, 0.1) is 10.6 Å². The van der Waals surface area contributed by atoms with Crippen LogP contribution in [0.4, 0.5) is 4.39 Å². The second kappa shape index (κ2) is 5.06. The molecule has 1 aromatic heterocycles. The van der Waals surface area contributed by atoms with Gasteiger partial charge in [-0.1, -0.05) is 18.2 Å². The van der Waals surface area contributed by atoms with Crippen molar-refractivity contribution in [2.45, 2.75) is 0 Å². The summed E-state index contributed by atoms with van der Waals surface area (Å²) in [5.41, 5.74) is 2.88. The summed E-state index contributed by atoms with van der Waals surface area (Å²) in [6.45, 7) is 0. The maximum atomic E-state index is 13.1. The van der Waals surface area contributed by atoms with Gasteiger partial charge >= 0.3 is 0 Å². The van der Waals surface area contributed by atoms with Gasteiger partial charge in [0, 0.05) is 24.5 Å². The Hall–Kier alpha value is -2.20. The van der Waals surface area contributed by atoms with Crippen LogP contribution in [0.5, 0.6) is 0 Å². The molecule has 3 rings (SSSR count). The Bertz CT molecular complexity index is 786. The van der Waals surface area contributed by atoms with Gasteiger partial charge in [-0.2, -0.15) is 0 Å². The standard InChI is InChI=1S/C16H13FN2S/c1-18-11-15(12-7-9-13(17)10-8-12)19(16(18)20)14-5-3-2-4-6-14/h2-11H,1H3. The normalized spacial score (nSPS) is 10.7. The number of imidazole rings is 1. The molecule has 0 saturated heterocycles. The molecule has 2 nitrogen and oxygen atoms in total. The minimum absolute atomic E-state index is 0.241. The first-order chi connectivity index (χ1) is 9.66. The van der Waals surface area contributed by atoms with Crippen molar-refractivity contribution < 1.29 is 4.39 Å². The zero-order chi connectivity index (χ0) is 14.1. The van der Waals surface area contributed by atoms with Crippen molar-refractivity contribution >= 4 is 12.2 Å². The van der Waals surface area contributed by atoms with Gasteiger partial charge in [0.15, 0.2) is 4.77 Å². The number of rotatable bonds is 2. The molecular formula is C16H13FN2S. The Balaban J connectivity index is 2.25. The molecule has 0 fully saturated rings. The van der Waals surface area contributed by atoms with Gasteiger partial charge in [0.25, 0.3) is 0 Å². The molecule has 3 aromatic rings. The summed E-state index contributed by atoms with van der Waals surface area (Å²) in [4.78, 5) is 0. The van der Waals surface area contributed by atoms with E-state index in [2.05, 4.69) is 0 Å². The highest BCUT2D eigenvalue weighted by atomic mass is 32.1. The second-order valence-electron chi connectivity index (χ2n) is 4.59. The third kappa shape index (κ3) is 2.18. The van der Waals surface area contributed by atoms with Gasteiger partial charge in [0.1, 0.15) is 5.82 Å². The number of halogens is 1. The number of hydrogen-bond donors (Lipinski definition) is 0. The molecule has 20 heavy (non-hydrogen) atoms. The van der Waals surface area contributed by atoms with Gasteiger partial charge in [0.05, 0.1) is 5.69 Å². The average Bonchev–Trinajstić information content (AvgIpc) is 2.77. The van der Waals surface area contributed by atoms with Crippen LogP contribution in [0.15, 0.2) is 60.8 Å². The van der Waals surface area contributed by atoms with Crippen molar-refractivity contribution in [3.05, 3.63) is 71.4 Å². The van der Waals surface area contributed by atoms with E-state index in [1.165, 1.54) is 12.1 Å². The number of benzene rings is 2. The highest BCUT2D eigenvalue weighted by Gasteiger charge is 2.10. The monoisotopic (exact) mass is 284 g/mol. The van der Waals surface area contributed by atoms with E-state index in [9.17, 15) is 4.39 Å². The van der Waals surface area contributed by atoms with E-state index in [0.717, 1.165) is 16.9 Å². The highest BCUT2D eigenvalue weighted by molar-refractivity contribution is 7.71. The van der Waals surface area contributed by atoms with Crippen LogP contribution in [0.3, 0.4) is 0 Å². The van der Waals surface area contributed by atoms with Crippen LogP contribution in [0.25, 0.3) is 16.9 Å². The quantitative estimate of drug-likeness (QED) is 0.636. The van der Waals surface area contributed by atoms with Crippen LogP contribution in [-0.2, 0) is 7.05 Å². The fraction of sp³-hybridized carbons (Fsp3) is 0.0625. The summed E-state index contributed by atoms with van der Waals surface area (Å²) in [6.07, 6.45) is 1.96. The number of aryl methyl sites for hydroxylation is 1. The second-order valence-corrected chi connectivity index (χ2v) is 4.95. The van der Waals surface area contributed by atoms with Gasteiger partial charge in [0.2, 0.25) is 0 Å². The predicted octanol–water partition coefficient (Wildman–Crippen LogP) is 4.35. The summed E-state index contributed by atoms with van der Waals surface area (Å²) < 4.78 is 17.7. The Morgan fingerprint density at radius 3 is 2.25 bits per heavy atom. The first-order valence-electron chi connectivity index (χ1n) is 6.26. The lowest BCUT2D eigenvalue weighted by Gasteiger charge is -2.08. The van der Waals surface area contributed by atoms with Crippen molar-refractivity contribution in [1.29, 1.82) is 0 Å². The van der Waals surface area contributed by atoms with E-state index in [-0.39, 0.29) is 5.82 Å². The Morgan fingerprint density at radius 2 is 1.60 bits per heavy atom. The van der Waals surface area contributed by atoms with E-state index in [1.807, 2.05) is 52.7 Å². The summed E-state index contributed by atoms with van der Waals surface area (Å²) >= 11 is 5.47. The van der Waals surface area contributed by atoms with Gasteiger partial charge < -0.3 is 4.57 Å². The van der Waals surface area contributed by atoms with E-state index >= 15 is 0 Å². The molecule has 0 unspecified atom stereocenters. The van der Waals surface area contributed by atoms with Crippen LogP contribution >= 0.6 is 12.2 Å².